The zero-order chi connectivity index (χ0) is 22.7. The molecule has 6 unspecified atom stereocenters. The molecule has 174 valence electrons. The highest BCUT2D eigenvalue weighted by atomic mass is 16.5. The highest BCUT2D eigenvalue weighted by Crippen LogP contribution is 2.68. The van der Waals surface area contributed by atoms with E-state index in [0.29, 0.717) is 10.8 Å². The van der Waals surface area contributed by atoms with Crippen LogP contribution in [0.3, 0.4) is 0 Å². The molecule has 0 amide bonds. The summed E-state index contributed by atoms with van der Waals surface area (Å²) in [5, 5.41) is 0. The standard InChI is InChI=1S/C31H44O/c1-19-10-12-29(5)14-15-31(7)23(25(29)16-19)11-13-30(6)24-17-21-18-28(3,4)32-27(21)20(2)22(24)8-9-26(30)31/h9,17,19,23,25H,8,10-16,18H2,1-7H3. The Bertz CT molecular complexity index is 1010. The van der Waals surface area contributed by atoms with E-state index in [2.05, 4.69) is 60.6 Å². The Morgan fingerprint density at radius 2 is 1.72 bits per heavy atom. The summed E-state index contributed by atoms with van der Waals surface area (Å²) in [7, 11) is 0. The van der Waals surface area contributed by atoms with Gasteiger partial charge < -0.3 is 4.74 Å². The Balaban J connectivity index is 1.43. The van der Waals surface area contributed by atoms with Gasteiger partial charge in [-0.3, -0.25) is 0 Å². The molecule has 1 aromatic carbocycles. The van der Waals surface area contributed by atoms with Crippen LogP contribution in [0.4, 0.5) is 0 Å². The van der Waals surface area contributed by atoms with Gasteiger partial charge in [0, 0.05) is 11.8 Å². The first-order valence-corrected chi connectivity index (χ1v) is 13.5. The second kappa shape index (κ2) is 6.45. The molecular formula is C31H44O. The molecule has 0 aromatic heterocycles. The molecule has 1 nitrogen and oxygen atoms in total. The van der Waals surface area contributed by atoms with Crippen LogP contribution in [0.1, 0.15) is 109 Å². The summed E-state index contributed by atoms with van der Waals surface area (Å²) in [6, 6.07) is 2.58. The summed E-state index contributed by atoms with van der Waals surface area (Å²) in [4.78, 5) is 0. The predicted octanol–water partition coefficient (Wildman–Crippen LogP) is 8.10. The first kappa shape index (κ1) is 21.3. The molecule has 6 rings (SSSR count). The fourth-order valence-electron chi connectivity index (χ4n) is 9.44. The lowest BCUT2D eigenvalue weighted by Gasteiger charge is -2.64. The third kappa shape index (κ3) is 2.69. The molecule has 1 heterocycles. The number of allylic oxidation sites excluding steroid dienone is 2. The molecule has 5 aliphatic rings. The van der Waals surface area contributed by atoms with Crippen molar-refractivity contribution in [1.29, 1.82) is 0 Å². The van der Waals surface area contributed by atoms with E-state index in [0.717, 1.165) is 30.6 Å². The van der Waals surface area contributed by atoms with Crippen molar-refractivity contribution in [3.05, 3.63) is 40.0 Å². The molecule has 1 aliphatic heterocycles. The van der Waals surface area contributed by atoms with Gasteiger partial charge in [-0.2, -0.15) is 0 Å². The predicted molar refractivity (Wildman–Crippen MR) is 133 cm³/mol. The lowest BCUT2D eigenvalue weighted by atomic mass is 9.41. The molecule has 3 saturated carbocycles. The molecule has 4 aliphatic carbocycles. The number of hydrogen-bond acceptors (Lipinski definition) is 1. The van der Waals surface area contributed by atoms with Gasteiger partial charge in [0.25, 0.3) is 0 Å². The Kier molecular flexibility index (Phi) is 4.30. The van der Waals surface area contributed by atoms with Gasteiger partial charge >= 0.3 is 0 Å². The van der Waals surface area contributed by atoms with E-state index in [1.165, 1.54) is 61.8 Å². The molecule has 6 atom stereocenters. The Hall–Kier alpha value is -1.24. The Morgan fingerprint density at radius 3 is 2.50 bits per heavy atom. The van der Waals surface area contributed by atoms with Crippen molar-refractivity contribution in [1.82, 2.24) is 0 Å². The van der Waals surface area contributed by atoms with Crippen LogP contribution < -0.4 is 4.74 Å². The number of rotatable bonds is 0. The summed E-state index contributed by atoms with van der Waals surface area (Å²) >= 11 is 0. The van der Waals surface area contributed by atoms with Crippen molar-refractivity contribution >= 4 is 0 Å². The molecule has 0 radical (unpaired) electrons. The zero-order valence-corrected chi connectivity index (χ0v) is 21.7. The van der Waals surface area contributed by atoms with Crippen LogP contribution in [0.5, 0.6) is 5.75 Å². The van der Waals surface area contributed by atoms with Gasteiger partial charge in [0.15, 0.2) is 0 Å². The fraction of sp³-hybridized carbons (Fsp3) is 0.742. The van der Waals surface area contributed by atoms with E-state index >= 15 is 0 Å². The highest BCUT2D eigenvalue weighted by molar-refractivity contribution is 5.60. The maximum atomic E-state index is 6.43. The summed E-state index contributed by atoms with van der Waals surface area (Å²) < 4.78 is 6.43. The molecule has 1 aromatic rings. The minimum Gasteiger partial charge on any atom is -0.487 e. The van der Waals surface area contributed by atoms with Gasteiger partial charge in [0.1, 0.15) is 11.4 Å². The average molecular weight is 433 g/mol. The molecular weight excluding hydrogens is 388 g/mol. The number of hydrogen-bond donors (Lipinski definition) is 0. The zero-order valence-electron chi connectivity index (χ0n) is 21.7. The molecule has 0 bridgehead atoms. The van der Waals surface area contributed by atoms with Gasteiger partial charge in [-0.1, -0.05) is 51.8 Å². The minimum atomic E-state index is -0.0661. The first-order valence-electron chi connectivity index (χ1n) is 13.5. The van der Waals surface area contributed by atoms with Gasteiger partial charge in [0.2, 0.25) is 0 Å². The summed E-state index contributed by atoms with van der Waals surface area (Å²) in [5.41, 5.74) is 9.03. The van der Waals surface area contributed by atoms with Crippen molar-refractivity contribution in [3.8, 4) is 5.75 Å². The summed E-state index contributed by atoms with van der Waals surface area (Å²) in [6.45, 7) is 17.3. The molecule has 0 saturated heterocycles. The molecule has 0 spiro atoms. The third-order valence-corrected chi connectivity index (χ3v) is 11.3. The Morgan fingerprint density at radius 1 is 0.938 bits per heavy atom. The van der Waals surface area contributed by atoms with Crippen LogP contribution in [-0.2, 0) is 18.3 Å². The molecule has 0 N–H and O–H groups in total. The van der Waals surface area contributed by atoms with E-state index in [4.69, 9.17) is 4.74 Å². The smallest absolute Gasteiger partial charge is 0.126 e. The van der Waals surface area contributed by atoms with E-state index < -0.39 is 0 Å². The van der Waals surface area contributed by atoms with Crippen LogP contribution >= 0.6 is 0 Å². The van der Waals surface area contributed by atoms with E-state index in [1.54, 1.807) is 11.1 Å². The average Bonchev–Trinajstić information content (AvgIpc) is 3.04. The van der Waals surface area contributed by atoms with Crippen LogP contribution in [0.15, 0.2) is 17.7 Å². The van der Waals surface area contributed by atoms with Crippen molar-refractivity contribution in [2.24, 2.45) is 28.6 Å². The van der Waals surface area contributed by atoms with Crippen molar-refractivity contribution in [2.45, 2.75) is 117 Å². The second-order valence-corrected chi connectivity index (χ2v) is 13.9. The highest BCUT2D eigenvalue weighted by Gasteiger charge is 2.59. The monoisotopic (exact) mass is 432 g/mol. The number of fused-ring (bicyclic) bond motifs is 8. The number of ether oxygens (including phenoxy) is 1. The van der Waals surface area contributed by atoms with Crippen molar-refractivity contribution in [3.63, 3.8) is 0 Å². The largest absolute Gasteiger partial charge is 0.487 e. The molecule has 3 fully saturated rings. The second-order valence-electron chi connectivity index (χ2n) is 13.9. The SMILES string of the molecule is Cc1c2c(cc3c1OC(C)(C)C3)C1(C)CCC3C4CC(C)CCC4(C)CCC3(C)C1=CC2. The molecule has 32 heavy (non-hydrogen) atoms. The van der Waals surface area contributed by atoms with Crippen molar-refractivity contribution in [2.75, 3.05) is 0 Å². The minimum absolute atomic E-state index is 0.0661. The van der Waals surface area contributed by atoms with Crippen LogP contribution in [0.2, 0.25) is 0 Å². The van der Waals surface area contributed by atoms with Crippen LogP contribution in [0, 0.1) is 35.5 Å². The molecule has 1 heteroatoms. The summed E-state index contributed by atoms with van der Waals surface area (Å²) in [5.74, 6) is 3.91. The first-order chi connectivity index (χ1) is 15.0. The summed E-state index contributed by atoms with van der Waals surface area (Å²) in [6.07, 6.45) is 14.8. The topological polar surface area (TPSA) is 9.23 Å². The normalized spacial score (nSPS) is 43.7. The maximum Gasteiger partial charge on any atom is 0.126 e. The van der Waals surface area contributed by atoms with Crippen molar-refractivity contribution < 1.29 is 4.74 Å². The maximum absolute atomic E-state index is 6.43. The van der Waals surface area contributed by atoms with Crippen LogP contribution in [-0.4, -0.2) is 5.60 Å². The van der Waals surface area contributed by atoms with Gasteiger partial charge in [0.05, 0.1) is 0 Å². The van der Waals surface area contributed by atoms with Gasteiger partial charge in [-0.25, -0.2) is 0 Å². The lowest BCUT2D eigenvalue weighted by molar-refractivity contribution is -0.0808. The van der Waals surface area contributed by atoms with E-state index in [-0.39, 0.29) is 11.0 Å². The third-order valence-electron chi connectivity index (χ3n) is 11.3. The Labute approximate surface area is 196 Å². The quantitative estimate of drug-likeness (QED) is 0.376. The fourth-order valence-corrected chi connectivity index (χ4v) is 9.44. The van der Waals surface area contributed by atoms with E-state index in [9.17, 15) is 0 Å². The van der Waals surface area contributed by atoms with Gasteiger partial charge in [-0.15, -0.1) is 0 Å². The van der Waals surface area contributed by atoms with E-state index in [1.807, 2.05) is 5.57 Å². The lowest BCUT2D eigenvalue weighted by Crippen LogP contribution is -2.55. The van der Waals surface area contributed by atoms with Gasteiger partial charge in [-0.05, 0) is 117 Å². The van der Waals surface area contributed by atoms with Crippen LogP contribution in [0.25, 0.3) is 0 Å². The number of benzene rings is 1.